The number of halogens is 1. The highest BCUT2D eigenvalue weighted by Crippen LogP contribution is 2.24. The quantitative estimate of drug-likeness (QED) is 0.864. The number of likely N-dealkylation sites (N-methyl/N-ethyl adjacent to an activating group) is 1. The number of hydrogen-bond donors (Lipinski definition) is 1. The van der Waals surface area contributed by atoms with Crippen LogP contribution < -0.4 is 10.6 Å². The SMILES string of the molecule is CN(C)CCN1CCN(c2ccc(CCN)c(Cl)c2)CC1. The van der Waals surface area contributed by atoms with Gasteiger partial charge in [-0.15, -0.1) is 0 Å². The molecule has 1 fully saturated rings. The van der Waals surface area contributed by atoms with Crippen LogP contribution in [0, 0.1) is 0 Å². The Hall–Kier alpha value is -0.810. The number of nitrogens with two attached hydrogens (primary N) is 1. The van der Waals surface area contributed by atoms with Gasteiger partial charge in [-0.05, 0) is 44.8 Å². The Kier molecular flexibility index (Phi) is 6.30. The molecule has 0 unspecified atom stereocenters. The van der Waals surface area contributed by atoms with Crippen molar-refractivity contribution in [3.63, 3.8) is 0 Å². The van der Waals surface area contributed by atoms with Gasteiger partial charge in [0.2, 0.25) is 0 Å². The van der Waals surface area contributed by atoms with Crippen molar-refractivity contribution in [1.29, 1.82) is 0 Å². The first-order chi connectivity index (χ1) is 10.1. The van der Waals surface area contributed by atoms with Gasteiger partial charge in [0.25, 0.3) is 0 Å². The van der Waals surface area contributed by atoms with Crippen molar-refractivity contribution in [2.24, 2.45) is 5.73 Å². The summed E-state index contributed by atoms with van der Waals surface area (Å²) in [5.41, 5.74) is 7.97. The molecular formula is C16H27ClN4. The van der Waals surface area contributed by atoms with Gasteiger partial charge in [-0.3, -0.25) is 4.90 Å². The van der Waals surface area contributed by atoms with Gasteiger partial charge in [-0.2, -0.15) is 0 Å². The van der Waals surface area contributed by atoms with Crippen LogP contribution in [-0.2, 0) is 6.42 Å². The Bertz CT molecular complexity index is 442. The minimum Gasteiger partial charge on any atom is -0.369 e. The summed E-state index contributed by atoms with van der Waals surface area (Å²) >= 11 is 6.34. The number of benzene rings is 1. The summed E-state index contributed by atoms with van der Waals surface area (Å²) in [6.45, 7) is 7.30. The van der Waals surface area contributed by atoms with Crippen molar-refractivity contribution >= 4 is 17.3 Å². The summed E-state index contributed by atoms with van der Waals surface area (Å²) in [6, 6.07) is 6.37. The van der Waals surface area contributed by atoms with Gasteiger partial charge in [-0.1, -0.05) is 17.7 Å². The number of rotatable bonds is 6. The van der Waals surface area contributed by atoms with E-state index < -0.39 is 0 Å². The molecule has 1 aromatic rings. The standard InChI is InChI=1S/C16H27ClN4/c1-19(2)7-8-20-9-11-21(12-10-20)15-4-3-14(5-6-18)16(17)13-15/h3-4,13H,5-12,18H2,1-2H3. The summed E-state index contributed by atoms with van der Waals surface area (Å²) in [5.74, 6) is 0. The first-order valence-electron chi connectivity index (χ1n) is 7.70. The molecule has 4 nitrogen and oxygen atoms in total. The molecule has 0 saturated carbocycles. The summed E-state index contributed by atoms with van der Waals surface area (Å²) in [5, 5.41) is 0.841. The van der Waals surface area contributed by atoms with E-state index in [1.54, 1.807) is 0 Å². The van der Waals surface area contributed by atoms with Crippen LogP contribution in [0.3, 0.4) is 0 Å². The van der Waals surface area contributed by atoms with Gasteiger partial charge < -0.3 is 15.5 Å². The fourth-order valence-electron chi connectivity index (χ4n) is 2.66. The molecule has 21 heavy (non-hydrogen) atoms. The van der Waals surface area contributed by atoms with E-state index in [1.807, 2.05) is 0 Å². The van der Waals surface area contributed by atoms with Crippen LogP contribution in [0.25, 0.3) is 0 Å². The lowest BCUT2D eigenvalue weighted by Crippen LogP contribution is -2.48. The molecule has 1 saturated heterocycles. The maximum Gasteiger partial charge on any atom is 0.0459 e. The molecule has 1 aliphatic rings. The van der Waals surface area contributed by atoms with Crippen molar-refractivity contribution in [2.45, 2.75) is 6.42 Å². The summed E-state index contributed by atoms with van der Waals surface area (Å²) in [7, 11) is 4.25. The van der Waals surface area contributed by atoms with Gasteiger partial charge in [0.1, 0.15) is 0 Å². The smallest absolute Gasteiger partial charge is 0.0459 e. The molecule has 0 atom stereocenters. The Morgan fingerprint density at radius 1 is 1.19 bits per heavy atom. The average Bonchev–Trinajstić information content (AvgIpc) is 2.48. The van der Waals surface area contributed by atoms with Crippen molar-refractivity contribution in [2.75, 3.05) is 64.8 Å². The highest BCUT2D eigenvalue weighted by molar-refractivity contribution is 6.31. The maximum absolute atomic E-state index is 6.34. The molecule has 0 spiro atoms. The molecule has 118 valence electrons. The van der Waals surface area contributed by atoms with Gasteiger partial charge in [0, 0.05) is 50.0 Å². The van der Waals surface area contributed by atoms with E-state index in [4.69, 9.17) is 17.3 Å². The van der Waals surface area contributed by atoms with Crippen molar-refractivity contribution < 1.29 is 0 Å². The molecule has 0 aromatic heterocycles. The second kappa shape index (κ2) is 7.99. The molecule has 0 amide bonds. The van der Waals surface area contributed by atoms with Crippen molar-refractivity contribution in [1.82, 2.24) is 9.80 Å². The molecule has 0 radical (unpaired) electrons. The number of hydrogen-bond acceptors (Lipinski definition) is 4. The van der Waals surface area contributed by atoms with Gasteiger partial charge in [0.05, 0.1) is 0 Å². The molecule has 1 aliphatic heterocycles. The molecule has 1 aromatic carbocycles. The van der Waals surface area contributed by atoms with E-state index in [0.29, 0.717) is 6.54 Å². The topological polar surface area (TPSA) is 35.7 Å². The normalized spacial score (nSPS) is 16.7. The Morgan fingerprint density at radius 3 is 2.48 bits per heavy atom. The molecule has 0 aliphatic carbocycles. The molecule has 0 bridgehead atoms. The Balaban J connectivity index is 1.88. The second-order valence-corrected chi connectivity index (χ2v) is 6.35. The molecular weight excluding hydrogens is 284 g/mol. The van der Waals surface area contributed by atoms with Gasteiger partial charge in [0.15, 0.2) is 0 Å². The van der Waals surface area contributed by atoms with E-state index in [0.717, 1.165) is 56.3 Å². The minimum absolute atomic E-state index is 0.642. The van der Waals surface area contributed by atoms with Crippen LogP contribution in [0.15, 0.2) is 18.2 Å². The van der Waals surface area contributed by atoms with Crippen molar-refractivity contribution in [3.05, 3.63) is 28.8 Å². The highest BCUT2D eigenvalue weighted by Gasteiger charge is 2.17. The van der Waals surface area contributed by atoms with Gasteiger partial charge >= 0.3 is 0 Å². The maximum atomic E-state index is 6.34. The number of anilines is 1. The first kappa shape index (κ1) is 16.6. The lowest BCUT2D eigenvalue weighted by atomic mass is 10.1. The third-order valence-electron chi connectivity index (χ3n) is 4.05. The third kappa shape index (κ3) is 4.85. The van der Waals surface area contributed by atoms with Gasteiger partial charge in [-0.25, -0.2) is 0 Å². The molecule has 5 heteroatoms. The van der Waals surface area contributed by atoms with Crippen molar-refractivity contribution in [3.8, 4) is 0 Å². The Morgan fingerprint density at radius 2 is 1.90 bits per heavy atom. The monoisotopic (exact) mass is 310 g/mol. The van der Waals surface area contributed by atoms with Crippen LogP contribution in [0.1, 0.15) is 5.56 Å². The van der Waals surface area contributed by atoms with E-state index >= 15 is 0 Å². The predicted octanol–water partition coefficient (Wildman–Crippen LogP) is 1.52. The van der Waals surface area contributed by atoms with Crippen LogP contribution in [0.5, 0.6) is 0 Å². The largest absolute Gasteiger partial charge is 0.369 e. The average molecular weight is 311 g/mol. The van der Waals surface area contributed by atoms with E-state index in [1.165, 1.54) is 5.69 Å². The van der Waals surface area contributed by atoms with E-state index in [9.17, 15) is 0 Å². The molecule has 1 heterocycles. The number of piperazine rings is 1. The van der Waals surface area contributed by atoms with E-state index in [-0.39, 0.29) is 0 Å². The summed E-state index contributed by atoms with van der Waals surface area (Å²) in [6.07, 6.45) is 0.845. The van der Waals surface area contributed by atoms with Crippen LogP contribution >= 0.6 is 11.6 Å². The minimum atomic E-state index is 0.642. The fraction of sp³-hybridized carbons (Fsp3) is 0.625. The predicted molar refractivity (Wildman–Crippen MR) is 91.4 cm³/mol. The third-order valence-corrected chi connectivity index (χ3v) is 4.40. The lowest BCUT2D eigenvalue weighted by molar-refractivity contribution is 0.229. The fourth-order valence-corrected chi connectivity index (χ4v) is 2.93. The molecule has 2 N–H and O–H groups in total. The zero-order valence-corrected chi connectivity index (χ0v) is 13.9. The van der Waals surface area contributed by atoms with Crippen LogP contribution in [0.2, 0.25) is 5.02 Å². The van der Waals surface area contributed by atoms with E-state index in [2.05, 4.69) is 47.0 Å². The first-order valence-corrected chi connectivity index (χ1v) is 8.08. The zero-order valence-electron chi connectivity index (χ0n) is 13.2. The summed E-state index contributed by atoms with van der Waals surface area (Å²) < 4.78 is 0. The Labute approximate surface area is 133 Å². The number of nitrogens with zero attached hydrogens (tertiary/aromatic N) is 3. The molecule has 2 rings (SSSR count). The van der Waals surface area contributed by atoms with Crippen LogP contribution in [-0.4, -0.2) is 69.7 Å². The summed E-state index contributed by atoms with van der Waals surface area (Å²) in [4.78, 5) is 7.19. The van der Waals surface area contributed by atoms with Crippen LogP contribution in [0.4, 0.5) is 5.69 Å². The second-order valence-electron chi connectivity index (χ2n) is 5.95. The lowest BCUT2D eigenvalue weighted by Gasteiger charge is -2.36. The highest BCUT2D eigenvalue weighted by atomic mass is 35.5. The zero-order chi connectivity index (χ0) is 15.2.